The maximum absolute atomic E-state index is 12.9. The summed E-state index contributed by atoms with van der Waals surface area (Å²) in [5, 5.41) is 9.13. The van der Waals surface area contributed by atoms with Crippen LogP contribution in [0.15, 0.2) is 59.1 Å². The Balaban J connectivity index is 1.82. The molecular formula is C21H22BrNO4. The Labute approximate surface area is 167 Å². The van der Waals surface area contributed by atoms with Gasteiger partial charge in [0.2, 0.25) is 0 Å². The molecule has 0 saturated carbocycles. The van der Waals surface area contributed by atoms with Crippen LogP contribution in [0.2, 0.25) is 0 Å². The van der Waals surface area contributed by atoms with Crippen LogP contribution in [0, 0.1) is 0 Å². The molecule has 0 radical (unpaired) electrons. The SMILES string of the molecule is C[C@@H](c1ccc(Br)cc1)N1CCC(CCC(=O)O)(c2ccccc2)OC1=O. The lowest BCUT2D eigenvalue weighted by molar-refractivity contribution is -0.139. The first-order valence-electron chi connectivity index (χ1n) is 8.94. The molecule has 3 rings (SSSR count). The lowest BCUT2D eigenvalue weighted by Crippen LogP contribution is -2.48. The number of carbonyl (C=O) groups excluding carboxylic acids is 1. The van der Waals surface area contributed by atoms with Crippen LogP contribution in [-0.4, -0.2) is 28.6 Å². The molecule has 27 heavy (non-hydrogen) atoms. The molecule has 1 fully saturated rings. The first-order chi connectivity index (χ1) is 12.9. The number of carboxylic acids is 1. The van der Waals surface area contributed by atoms with Crippen LogP contribution in [0.5, 0.6) is 0 Å². The second-order valence-corrected chi connectivity index (χ2v) is 7.71. The Morgan fingerprint density at radius 2 is 1.89 bits per heavy atom. The number of aliphatic carboxylic acids is 1. The lowest BCUT2D eigenvalue weighted by atomic mass is 9.84. The Kier molecular flexibility index (Phi) is 5.85. The normalized spacial score (nSPS) is 20.8. The van der Waals surface area contributed by atoms with Crippen molar-refractivity contribution in [2.45, 2.75) is 37.8 Å². The summed E-state index contributed by atoms with van der Waals surface area (Å²) in [6.45, 7) is 2.47. The molecular weight excluding hydrogens is 410 g/mol. The number of halogens is 1. The molecule has 1 unspecified atom stereocenters. The van der Waals surface area contributed by atoms with Gasteiger partial charge in [0.15, 0.2) is 0 Å². The summed E-state index contributed by atoms with van der Waals surface area (Å²) >= 11 is 3.42. The number of cyclic esters (lactones) is 1. The number of rotatable bonds is 6. The van der Waals surface area contributed by atoms with Crippen molar-refractivity contribution in [1.82, 2.24) is 4.90 Å². The summed E-state index contributed by atoms with van der Waals surface area (Å²) in [5.41, 5.74) is 0.968. The van der Waals surface area contributed by atoms with Crippen molar-refractivity contribution < 1.29 is 19.4 Å². The smallest absolute Gasteiger partial charge is 0.411 e. The van der Waals surface area contributed by atoms with Gasteiger partial charge in [-0.1, -0.05) is 58.4 Å². The second kappa shape index (κ2) is 8.13. The fraction of sp³-hybridized carbons (Fsp3) is 0.333. The van der Waals surface area contributed by atoms with Crippen LogP contribution in [0.3, 0.4) is 0 Å². The minimum Gasteiger partial charge on any atom is -0.481 e. The molecule has 0 bridgehead atoms. The zero-order valence-electron chi connectivity index (χ0n) is 15.1. The number of carboxylic acid groups (broad SMARTS) is 1. The molecule has 0 aromatic heterocycles. The Morgan fingerprint density at radius 3 is 2.48 bits per heavy atom. The van der Waals surface area contributed by atoms with E-state index in [1.807, 2.05) is 61.5 Å². The van der Waals surface area contributed by atoms with E-state index in [0.29, 0.717) is 13.0 Å². The molecule has 1 N–H and O–H groups in total. The standard InChI is InChI=1S/C21H22BrNO4/c1-15(16-7-9-18(22)10-8-16)23-14-13-21(27-20(23)26,12-11-19(24)25)17-5-3-2-4-6-17/h2-10,15H,11-14H2,1H3,(H,24,25)/t15-,21?/m0/s1. The van der Waals surface area contributed by atoms with Crippen molar-refractivity contribution in [1.29, 1.82) is 0 Å². The van der Waals surface area contributed by atoms with Crippen LogP contribution in [0.1, 0.15) is 43.4 Å². The maximum Gasteiger partial charge on any atom is 0.411 e. The van der Waals surface area contributed by atoms with E-state index in [1.54, 1.807) is 4.90 Å². The largest absolute Gasteiger partial charge is 0.481 e. The van der Waals surface area contributed by atoms with Crippen LogP contribution in [0.4, 0.5) is 4.79 Å². The maximum atomic E-state index is 12.9. The van der Waals surface area contributed by atoms with Crippen molar-refractivity contribution >= 4 is 28.0 Å². The fourth-order valence-electron chi connectivity index (χ4n) is 3.52. The molecule has 6 heteroatoms. The average Bonchev–Trinajstić information content (AvgIpc) is 2.67. The molecule has 1 heterocycles. The number of benzene rings is 2. The minimum absolute atomic E-state index is 0.0512. The van der Waals surface area contributed by atoms with Gasteiger partial charge in [-0.15, -0.1) is 0 Å². The summed E-state index contributed by atoms with van der Waals surface area (Å²) in [6, 6.07) is 17.2. The van der Waals surface area contributed by atoms with E-state index in [4.69, 9.17) is 9.84 Å². The minimum atomic E-state index is -0.896. The third-order valence-corrected chi connectivity index (χ3v) is 5.66. The second-order valence-electron chi connectivity index (χ2n) is 6.79. The topological polar surface area (TPSA) is 66.8 Å². The van der Waals surface area contributed by atoms with E-state index in [2.05, 4.69) is 15.9 Å². The summed E-state index contributed by atoms with van der Waals surface area (Å²) in [6.07, 6.45) is 0.353. The fourth-order valence-corrected chi connectivity index (χ4v) is 3.78. The quantitative estimate of drug-likeness (QED) is 0.689. The van der Waals surface area contributed by atoms with Crippen LogP contribution in [0.25, 0.3) is 0 Å². The highest BCUT2D eigenvalue weighted by molar-refractivity contribution is 9.10. The Bertz CT molecular complexity index is 809. The predicted octanol–water partition coefficient (Wildman–Crippen LogP) is 5.11. The molecule has 142 valence electrons. The van der Waals surface area contributed by atoms with E-state index in [9.17, 15) is 9.59 Å². The van der Waals surface area contributed by atoms with Gasteiger partial charge in [0, 0.05) is 30.3 Å². The van der Waals surface area contributed by atoms with Gasteiger partial charge >= 0.3 is 12.1 Å². The van der Waals surface area contributed by atoms with Crippen LogP contribution < -0.4 is 0 Å². The van der Waals surface area contributed by atoms with Gasteiger partial charge in [0.05, 0.1) is 6.04 Å². The molecule has 2 aromatic rings. The number of amides is 1. The van der Waals surface area contributed by atoms with Crippen molar-refractivity contribution in [3.05, 3.63) is 70.2 Å². The van der Waals surface area contributed by atoms with Gasteiger partial charge in [0.1, 0.15) is 5.60 Å². The lowest BCUT2D eigenvalue weighted by Gasteiger charge is -2.43. The molecule has 2 aromatic carbocycles. The van der Waals surface area contributed by atoms with Crippen molar-refractivity contribution in [2.24, 2.45) is 0 Å². The average molecular weight is 432 g/mol. The van der Waals surface area contributed by atoms with Crippen LogP contribution >= 0.6 is 15.9 Å². The summed E-state index contributed by atoms with van der Waals surface area (Å²) < 4.78 is 6.89. The molecule has 0 spiro atoms. The first-order valence-corrected chi connectivity index (χ1v) is 9.73. The Morgan fingerprint density at radius 1 is 1.22 bits per heavy atom. The monoisotopic (exact) mass is 431 g/mol. The zero-order chi connectivity index (χ0) is 19.4. The molecule has 2 atom stereocenters. The van der Waals surface area contributed by atoms with Crippen molar-refractivity contribution in [3.63, 3.8) is 0 Å². The van der Waals surface area contributed by atoms with Crippen molar-refractivity contribution in [2.75, 3.05) is 6.54 Å². The third-order valence-electron chi connectivity index (χ3n) is 5.14. The van der Waals surface area contributed by atoms with Gasteiger partial charge in [-0.3, -0.25) is 4.79 Å². The molecule has 1 amide bonds. The first kappa shape index (κ1) is 19.4. The highest BCUT2D eigenvalue weighted by atomic mass is 79.9. The van der Waals surface area contributed by atoms with Gasteiger partial charge in [-0.25, -0.2) is 4.79 Å². The van der Waals surface area contributed by atoms with E-state index < -0.39 is 17.7 Å². The number of nitrogens with zero attached hydrogens (tertiary/aromatic N) is 1. The van der Waals surface area contributed by atoms with E-state index >= 15 is 0 Å². The van der Waals surface area contributed by atoms with E-state index in [-0.39, 0.29) is 18.9 Å². The molecule has 0 aliphatic carbocycles. The van der Waals surface area contributed by atoms with E-state index in [0.717, 1.165) is 15.6 Å². The predicted molar refractivity (Wildman–Crippen MR) is 105 cm³/mol. The summed E-state index contributed by atoms with van der Waals surface area (Å²) in [7, 11) is 0. The van der Waals surface area contributed by atoms with Gasteiger partial charge < -0.3 is 14.7 Å². The molecule has 5 nitrogen and oxygen atoms in total. The van der Waals surface area contributed by atoms with Gasteiger partial charge in [-0.2, -0.15) is 0 Å². The number of carbonyl (C=O) groups is 2. The third kappa shape index (κ3) is 4.33. The molecule has 1 aliphatic heterocycles. The number of ether oxygens (including phenoxy) is 1. The van der Waals surface area contributed by atoms with Gasteiger partial charge in [-0.05, 0) is 30.2 Å². The van der Waals surface area contributed by atoms with Gasteiger partial charge in [0.25, 0.3) is 0 Å². The van der Waals surface area contributed by atoms with E-state index in [1.165, 1.54) is 0 Å². The molecule has 1 aliphatic rings. The van der Waals surface area contributed by atoms with Crippen LogP contribution in [-0.2, 0) is 15.1 Å². The number of hydrogen-bond acceptors (Lipinski definition) is 3. The van der Waals surface area contributed by atoms with Crippen molar-refractivity contribution in [3.8, 4) is 0 Å². The highest BCUT2D eigenvalue weighted by Gasteiger charge is 2.43. The summed E-state index contributed by atoms with van der Waals surface area (Å²) in [5.74, 6) is -0.896. The molecule has 1 saturated heterocycles. The summed E-state index contributed by atoms with van der Waals surface area (Å²) in [4.78, 5) is 25.7. The highest BCUT2D eigenvalue weighted by Crippen LogP contribution is 2.40. The zero-order valence-corrected chi connectivity index (χ0v) is 16.7. The Hall–Kier alpha value is -2.34. The number of hydrogen-bond donors (Lipinski definition) is 1.